The minimum atomic E-state index is -0.627. The smallest absolute Gasteiger partial charge is 0.333 e. The number of hydrogen-bond acceptors (Lipinski definition) is 5. The van der Waals surface area contributed by atoms with Gasteiger partial charge >= 0.3 is 11.9 Å². The van der Waals surface area contributed by atoms with Gasteiger partial charge in [-0.25, -0.2) is 9.59 Å². The highest BCUT2D eigenvalue weighted by molar-refractivity contribution is 5.86. The molecule has 0 aromatic heterocycles. The Morgan fingerprint density at radius 1 is 1.07 bits per heavy atom. The lowest BCUT2D eigenvalue weighted by atomic mass is 10.3. The van der Waals surface area contributed by atoms with Crippen LogP contribution in [-0.2, 0) is 19.1 Å². The van der Waals surface area contributed by atoms with Gasteiger partial charge in [-0.3, -0.25) is 0 Å². The standard InChI is InChI=1S/C10H20NO3.C5H8O2.C5H8.ClH/c1-8(2)10(13)14-7-9(12)6-11(3,4)5;1-3-5(6)7-4-2;1-4-5(2)3;/h9,12H,1,6-7H2,2-5H3;3H,1,4H2,2H3;4H,1-2H2,3H3;1H/q+1;;;/p-1. The SMILES string of the molecule is C=C(C)C(=O)OCC(O)C[N+](C)(C)C.C=CC(=C)C.C=CC(=O)OCC.[Cl-]. The van der Waals surface area contributed by atoms with E-state index in [1.54, 1.807) is 19.9 Å². The lowest BCUT2D eigenvalue weighted by molar-refractivity contribution is -0.873. The zero-order valence-electron chi connectivity index (χ0n) is 17.6. The van der Waals surface area contributed by atoms with Gasteiger partial charge < -0.3 is 31.5 Å². The minimum Gasteiger partial charge on any atom is -1.00 e. The highest BCUT2D eigenvalue weighted by Crippen LogP contribution is 1.98. The van der Waals surface area contributed by atoms with E-state index >= 15 is 0 Å². The fourth-order valence-electron chi connectivity index (χ4n) is 1.18. The number of aliphatic hydroxyl groups is 1. The molecule has 0 aliphatic heterocycles. The van der Waals surface area contributed by atoms with E-state index in [2.05, 4.69) is 31.1 Å². The van der Waals surface area contributed by atoms with Gasteiger partial charge in [0.25, 0.3) is 0 Å². The molecule has 158 valence electrons. The third-order valence-electron chi connectivity index (χ3n) is 2.32. The van der Waals surface area contributed by atoms with Crippen LogP contribution in [-0.4, -0.2) is 68.5 Å². The van der Waals surface area contributed by atoms with Crippen molar-refractivity contribution in [2.24, 2.45) is 0 Å². The summed E-state index contributed by atoms with van der Waals surface area (Å²) >= 11 is 0. The first kappa shape index (κ1) is 32.8. The number of halogens is 1. The van der Waals surface area contributed by atoms with Crippen molar-refractivity contribution < 1.29 is 41.1 Å². The Morgan fingerprint density at radius 3 is 1.74 bits per heavy atom. The molecule has 1 unspecified atom stereocenters. The normalized spacial score (nSPS) is 10.2. The molecule has 0 aromatic carbocycles. The Labute approximate surface area is 170 Å². The molecule has 0 aromatic rings. The molecule has 27 heavy (non-hydrogen) atoms. The second-order valence-corrected chi connectivity index (χ2v) is 6.51. The molecule has 0 saturated carbocycles. The highest BCUT2D eigenvalue weighted by atomic mass is 35.5. The molecular weight excluding hydrogens is 370 g/mol. The summed E-state index contributed by atoms with van der Waals surface area (Å²) in [6.45, 7) is 19.9. The molecule has 7 heteroatoms. The quantitative estimate of drug-likeness (QED) is 0.259. The number of carbonyl (C=O) groups excluding carboxylic acids is 2. The van der Waals surface area contributed by atoms with Crippen LogP contribution in [0.3, 0.4) is 0 Å². The fraction of sp³-hybridized carbons (Fsp3) is 0.500. The molecule has 0 aliphatic carbocycles. The fourth-order valence-corrected chi connectivity index (χ4v) is 1.18. The van der Waals surface area contributed by atoms with Crippen LogP contribution in [0.4, 0.5) is 0 Å². The van der Waals surface area contributed by atoms with Gasteiger partial charge in [0, 0.05) is 11.6 Å². The molecule has 0 fully saturated rings. The maximum Gasteiger partial charge on any atom is 0.333 e. The summed E-state index contributed by atoms with van der Waals surface area (Å²) in [5.41, 5.74) is 1.37. The van der Waals surface area contributed by atoms with E-state index in [0.717, 1.165) is 11.6 Å². The molecule has 1 atom stereocenters. The van der Waals surface area contributed by atoms with Gasteiger partial charge in [-0.2, -0.15) is 0 Å². The number of aliphatic hydroxyl groups excluding tert-OH is 1. The topological polar surface area (TPSA) is 72.8 Å². The summed E-state index contributed by atoms with van der Waals surface area (Å²) in [5, 5.41) is 9.49. The molecule has 0 amide bonds. The van der Waals surface area contributed by atoms with Crippen LogP contribution < -0.4 is 12.4 Å². The van der Waals surface area contributed by atoms with Crippen molar-refractivity contribution in [1.82, 2.24) is 0 Å². The number of esters is 2. The average molecular weight is 406 g/mol. The number of ether oxygens (including phenoxy) is 2. The van der Waals surface area contributed by atoms with Gasteiger partial charge in [-0.05, 0) is 20.8 Å². The Morgan fingerprint density at radius 2 is 1.52 bits per heavy atom. The van der Waals surface area contributed by atoms with E-state index in [4.69, 9.17) is 4.74 Å². The van der Waals surface area contributed by atoms with Gasteiger partial charge in [-0.15, -0.1) is 0 Å². The number of rotatable bonds is 8. The Balaban J connectivity index is -0.000000170. The number of quaternary nitrogens is 1. The molecule has 0 heterocycles. The Hall–Kier alpha value is -1.89. The van der Waals surface area contributed by atoms with Crippen molar-refractivity contribution in [2.45, 2.75) is 26.9 Å². The molecule has 0 saturated heterocycles. The van der Waals surface area contributed by atoms with Crippen LogP contribution in [0, 0.1) is 0 Å². The van der Waals surface area contributed by atoms with Gasteiger partial charge in [-0.1, -0.05) is 38.0 Å². The van der Waals surface area contributed by atoms with Crippen molar-refractivity contribution in [3.05, 3.63) is 49.6 Å². The van der Waals surface area contributed by atoms with E-state index in [1.807, 2.05) is 28.1 Å². The van der Waals surface area contributed by atoms with Crippen LogP contribution in [0.1, 0.15) is 20.8 Å². The van der Waals surface area contributed by atoms with E-state index < -0.39 is 12.1 Å². The summed E-state index contributed by atoms with van der Waals surface area (Å²) in [5.74, 6) is -0.812. The van der Waals surface area contributed by atoms with Crippen LogP contribution >= 0.6 is 0 Å². The zero-order chi connectivity index (χ0) is 21.3. The van der Waals surface area contributed by atoms with Gasteiger partial charge in [0.15, 0.2) is 0 Å². The van der Waals surface area contributed by atoms with Crippen LogP contribution in [0.25, 0.3) is 0 Å². The van der Waals surface area contributed by atoms with Crippen molar-refractivity contribution in [1.29, 1.82) is 0 Å². The number of carbonyl (C=O) groups is 2. The molecule has 0 rings (SSSR count). The molecular formula is C20H36ClNO5. The van der Waals surface area contributed by atoms with E-state index in [9.17, 15) is 14.7 Å². The third-order valence-corrected chi connectivity index (χ3v) is 2.32. The second kappa shape index (κ2) is 18.9. The molecule has 6 nitrogen and oxygen atoms in total. The summed E-state index contributed by atoms with van der Waals surface area (Å²) < 4.78 is 9.88. The first-order chi connectivity index (χ1) is 11.8. The predicted molar refractivity (Wildman–Crippen MR) is 107 cm³/mol. The van der Waals surface area contributed by atoms with Crippen molar-refractivity contribution in [3.63, 3.8) is 0 Å². The molecule has 0 bridgehead atoms. The molecule has 0 aliphatic rings. The van der Waals surface area contributed by atoms with Gasteiger partial charge in [0.1, 0.15) is 19.3 Å². The summed E-state index contributed by atoms with van der Waals surface area (Å²) in [6.07, 6.45) is 2.24. The summed E-state index contributed by atoms with van der Waals surface area (Å²) in [4.78, 5) is 21.0. The Bertz CT molecular complexity index is 481. The lowest BCUT2D eigenvalue weighted by Gasteiger charge is -2.26. The van der Waals surface area contributed by atoms with E-state index in [-0.39, 0.29) is 25.0 Å². The largest absolute Gasteiger partial charge is 1.00 e. The highest BCUT2D eigenvalue weighted by Gasteiger charge is 2.17. The lowest BCUT2D eigenvalue weighted by Crippen LogP contribution is -3.00. The predicted octanol–water partition coefficient (Wildman–Crippen LogP) is -0.339. The van der Waals surface area contributed by atoms with Crippen molar-refractivity contribution >= 4 is 11.9 Å². The summed E-state index contributed by atoms with van der Waals surface area (Å²) in [7, 11) is 5.89. The second-order valence-electron chi connectivity index (χ2n) is 6.51. The molecule has 0 spiro atoms. The zero-order valence-corrected chi connectivity index (χ0v) is 18.3. The maximum atomic E-state index is 11.0. The van der Waals surface area contributed by atoms with E-state index in [1.165, 1.54) is 0 Å². The van der Waals surface area contributed by atoms with Crippen molar-refractivity contribution in [2.75, 3.05) is 40.9 Å². The van der Waals surface area contributed by atoms with Gasteiger partial charge in [0.05, 0.1) is 27.7 Å². The molecule has 1 N–H and O–H groups in total. The average Bonchev–Trinajstić information content (AvgIpc) is 2.52. The molecule has 0 radical (unpaired) electrons. The number of likely N-dealkylation sites (N-methyl/N-ethyl adjacent to an activating group) is 1. The first-order valence-electron chi connectivity index (χ1n) is 8.18. The number of nitrogens with zero attached hydrogens (tertiary/aromatic N) is 1. The third kappa shape index (κ3) is 32.3. The minimum absolute atomic E-state index is 0. The van der Waals surface area contributed by atoms with Crippen molar-refractivity contribution in [3.8, 4) is 0 Å². The number of hydrogen-bond donors (Lipinski definition) is 1. The van der Waals surface area contributed by atoms with E-state index in [0.29, 0.717) is 23.2 Å². The van der Waals surface area contributed by atoms with Crippen LogP contribution in [0.2, 0.25) is 0 Å². The van der Waals surface area contributed by atoms with Crippen LogP contribution in [0.15, 0.2) is 49.6 Å². The van der Waals surface area contributed by atoms with Gasteiger partial charge in [0.2, 0.25) is 0 Å². The number of allylic oxidation sites excluding steroid dienone is 2. The van der Waals surface area contributed by atoms with Crippen LogP contribution in [0.5, 0.6) is 0 Å². The monoisotopic (exact) mass is 405 g/mol. The summed E-state index contributed by atoms with van der Waals surface area (Å²) in [6, 6.07) is 0. The Kier molecular flexibility index (Phi) is 22.9. The first-order valence-corrected chi connectivity index (χ1v) is 8.18. The maximum absolute atomic E-state index is 11.0.